The molecule has 2 aliphatic heterocycles. The van der Waals surface area contributed by atoms with Crippen LogP contribution >= 0.6 is 0 Å². The standard InChI is InChI=1S/C18H20O7/c1-20-15-5-11(6-16(21-2)17(15)22-3)4-14-12(8-24-18(14)19)7-13-9-23-10-25-13/h4-6,9,12H,7-8,10H2,1-3H3. The van der Waals surface area contributed by atoms with Gasteiger partial charge in [-0.2, -0.15) is 0 Å². The van der Waals surface area contributed by atoms with Crippen molar-refractivity contribution < 1.29 is 33.2 Å². The molecule has 1 aromatic rings. The van der Waals surface area contributed by atoms with Crippen LogP contribution in [0.25, 0.3) is 6.08 Å². The third kappa shape index (κ3) is 3.50. The first-order valence-corrected chi connectivity index (χ1v) is 7.78. The average Bonchev–Trinajstić information content (AvgIpc) is 3.26. The normalized spacial score (nSPS) is 20.6. The molecular formula is C18H20O7. The number of hydrogen-bond donors (Lipinski definition) is 0. The predicted molar refractivity (Wildman–Crippen MR) is 88.3 cm³/mol. The Labute approximate surface area is 145 Å². The van der Waals surface area contributed by atoms with Crippen molar-refractivity contribution in [1.29, 1.82) is 0 Å². The van der Waals surface area contributed by atoms with E-state index in [1.807, 2.05) is 0 Å². The summed E-state index contributed by atoms with van der Waals surface area (Å²) in [6, 6.07) is 3.57. The van der Waals surface area contributed by atoms with Crippen molar-refractivity contribution in [3.8, 4) is 17.2 Å². The molecule has 0 aromatic heterocycles. The molecule has 0 amide bonds. The predicted octanol–water partition coefficient (Wildman–Crippen LogP) is 2.50. The van der Waals surface area contributed by atoms with Gasteiger partial charge in [-0.25, -0.2) is 4.79 Å². The molecule has 25 heavy (non-hydrogen) atoms. The number of rotatable bonds is 6. The molecule has 1 saturated heterocycles. The molecule has 7 nitrogen and oxygen atoms in total. The highest BCUT2D eigenvalue weighted by Gasteiger charge is 2.32. The maximum absolute atomic E-state index is 12.1. The Morgan fingerprint density at radius 1 is 1.12 bits per heavy atom. The molecule has 1 atom stereocenters. The highest BCUT2D eigenvalue weighted by Crippen LogP contribution is 2.39. The van der Waals surface area contributed by atoms with Gasteiger partial charge in [-0.3, -0.25) is 0 Å². The van der Waals surface area contributed by atoms with Gasteiger partial charge < -0.3 is 28.4 Å². The zero-order chi connectivity index (χ0) is 17.8. The monoisotopic (exact) mass is 348 g/mol. The highest BCUT2D eigenvalue weighted by atomic mass is 16.7. The van der Waals surface area contributed by atoms with E-state index in [1.54, 1.807) is 45.8 Å². The van der Waals surface area contributed by atoms with Crippen LogP contribution in [-0.4, -0.2) is 40.7 Å². The summed E-state index contributed by atoms with van der Waals surface area (Å²) in [6.45, 7) is 0.526. The van der Waals surface area contributed by atoms with Gasteiger partial charge in [0.05, 0.1) is 27.9 Å². The Morgan fingerprint density at radius 3 is 2.40 bits per heavy atom. The van der Waals surface area contributed by atoms with Crippen LogP contribution in [0, 0.1) is 5.92 Å². The number of hydrogen-bond acceptors (Lipinski definition) is 7. The van der Waals surface area contributed by atoms with E-state index in [0.29, 0.717) is 41.6 Å². The van der Waals surface area contributed by atoms with Gasteiger partial charge in [0, 0.05) is 17.9 Å². The minimum Gasteiger partial charge on any atom is -0.493 e. The van der Waals surface area contributed by atoms with Crippen LogP contribution in [-0.2, 0) is 19.0 Å². The Bertz CT molecular complexity index is 695. The quantitative estimate of drug-likeness (QED) is 0.578. The smallest absolute Gasteiger partial charge is 0.334 e. The van der Waals surface area contributed by atoms with Gasteiger partial charge in [-0.05, 0) is 23.8 Å². The van der Waals surface area contributed by atoms with E-state index in [4.69, 9.17) is 28.4 Å². The molecule has 2 heterocycles. The number of benzene rings is 1. The Balaban J connectivity index is 1.92. The number of carbonyl (C=O) groups excluding carboxylic acids is 1. The molecule has 0 N–H and O–H groups in total. The molecule has 1 aromatic carbocycles. The fourth-order valence-electron chi connectivity index (χ4n) is 2.85. The molecule has 7 heteroatoms. The molecule has 2 aliphatic rings. The van der Waals surface area contributed by atoms with Crippen LogP contribution in [0.5, 0.6) is 17.2 Å². The van der Waals surface area contributed by atoms with Gasteiger partial charge >= 0.3 is 5.97 Å². The molecule has 1 unspecified atom stereocenters. The van der Waals surface area contributed by atoms with Gasteiger partial charge in [0.25, 0.3) is 0 Å². The SMILES string of the molecule is COc1cc(C=C2C(=O)OCC2CC2=COCO2)cc(OC)c1OC. The second-order valence-electron chi connectivity index (χ2n) is 5.57. The summed E-state index contributed by atoms with van der Waals surface area (Å²) in [5.41, 5.74) is 1.33. The van der Waals surface area contributed by atoms with Crippen molar-refractivity contribution in [3.63, 3.8) is 0 Å². The number of methoxy groups -OCH3 is 3. The highest BCUT2D eigenvalue weighted by molar-refractivity contribution is 5.96. The summed E-state index contributed by atoms with van der Waals surface area (Å²) >= 11 is 0. The van der Waals surface area contributed by atoms with Crippen LogP contribution in [0.3, 0.4) is 0 Å². The van der Waals surface area contributed by atoms with Gasteiger partial charge in [-0.15, -0.1) is 0 Å². The van der Waals surface area contributed by atoms with Crippen LogP contribution < -0.4 is 14.2 Å². The molecule has 0 bridgehead atoms. The summed E-state index contributed by atoms with van der Waals surface area (Å²) in [5, 5.41) is 0. The maximum Gasteiger partial charge on any atom is 0.334 e. The number of ether oxygens (including phenoxy) is 6. The van der Waals surface area contributed by atoms with Crippen LogP contribution in [0.1, 0.15) is 12.0 Å². The second kappa shape index (κ2) is 7.38. The number of esters is 1. The summed E-state index contributed by atoms with van der Waals surface area (Å²) in [7, 11) is 4.63. The van der Waals surface area contributed by atoms with Gasteiger partial charge in [-0.1, -0.05) is 0 Å². The number of allylic oxidation sites excluding steroid dienone is 1. The summed E-state index contributed by atoms with van der Waals surface area (Å²) in [4.78, 5) is 12.1. The third-order valence-corrected chi connectivity index (χ3v) is 4.08. The largest absolute Gasteiger partial charge is 0.493 e. The first kappa shape index (κ1) is 17.0. The van der Waals surface area contributed by atoms with Crippen molar-refractivity contribution in [1.82, 2.24) is 0 Å². The summed E-state index contributed by atoms with van der Waals surface area (Å²) < 4.78 is 31.6. The van der Waals surface area contributed by atoms with Crippen LogP contribution in [0.2, 0.25) is 0 Å². The average molecular weight is 348 g/mol. The molecule has 0 saturated carbocycles. The van der Waals surface area contributed by atoms with Gasteiger partial charge in [0.2, 0.25) is 12.5 Å². The van der Waals surface area contributed by atoms with E-state index in [2.05, 4.69) is 0 Å². The molecule has 3 rings (SSSR count). The summed E-state index contributed by atoms with van der Waals surface area (Å²) in [5.74, 6) is 1.81. The van der Waals surface area contributed by atoms with Crippen molar-refractivity contribution in [2.24, 2.45) is 5.92 Å². The Kier molecular flexibility index (Phi) is 5.02. The minimum atomic E-state index is -0.335. The molecular weight excluding hydrogens is 328 g/mol. The molecule has 0 radical (unpaired) electrons. The maximum atomic E-state index is 12.1. The van der Waals surface area contributed by atoms with Crippen molar-refractivity contribution >= 4 is 12.0 Å². The van der Waals surface area contributed by atoms with E-state index < -0.39 is 0 Å². The number of carbonyl (C=O) groups is 1. The molecule has 1 fully saturated rings. The molecule has 0 spiro atoms. The Morgan fingerprint density at radius 2 is 1.84 bits per heavy atom. The van der Waals surface area contributed by atoms with E-state index in [9.17, 15) is 4.79 Å². The zero-order valence-corrected chi connectivity index (χ0v) is 14.4. The van der Waals surface area contributed by atoms with Gasteiger partial charge in [0.15, 0.2) is 11.5 Å². The second-order valence-corrected chi connectivity index (χ2v) is 5.57. The number of cyclic esters (lactones) is 1. The third-order valence-electron chi connectivity index (χ3n) is 4.08. The van der Waals surface area contributed by atoms with Crippen molar-refractivity contribution in [2.45, 2.75) is 6.42 Å². The van der Waals surface area contributed by atoms with Gasteiger partial charge in [0.1, 0.15) is 12.0 Å². The van der Waals surface area contributed by atoms with Crippen molar-refractivity contribution in [2.75, 3.05) is 34.7 Å². The minimum absolute atomic E-state index is 0.0976. The first-order valence-electron chi connectivity index (χ1n) is 7.78. The lowest BCUT2D eigenvalue weighted by molar-refractivity contribution is -0.135. The Hall–Kier alpha value is -2.83. The van der Waals surface area contributed by atoms with E-state index in [1.165, 1.54) is 0 Å². The van der Waals surface area contributed by atoms with Crippen molar-refractivity contribution in [3.05, 3.63) is 35.3 Å². The lowest BCUT2D eigenvalue weighted by Crippen LogP contribution is -2.05. The topological polar surface area (TPSA) is 72.5 Å². The van der Waals surface area contributed by atoms with Crippen LogP contribution in [0.15, 0.2) is 29.7 Å². The molecule has 134 valence electrons. The molecule has 0 aliphatic carbocycles. The lowest BCUT2D eigenvalue weighted by Gasteiger charge is -2.13. The first-order chi connectivity index (χ1) is 12.2. The summed E-state index contributed by atoms with van der Waals surface area (Å²) in [6.07, 6.45) is 3.89. The lowest BCUT2D eigenvalue weighted by atomic mass is 9.95. The zero-order valence-electron chi connectivity index (χ0n) is 14.4. The van der Waals surface area contributed by atoms with Crippen LogP contribution in [0.4, 0.5) is 0 Å². The fourth-order valence-corrected chi connectivity index (χ4v) is 2.85. The fraction of sp³-hybridized carbons (Fsp3) is 0.389. The van der Waals surface area contributed by atoms with E-state index >= 15 is 0 Å². The van der Waals surface area contributed by atoms with E-state index in [0.717, 1.165) is 5.56 Å². The van der Waals surface area contributed by atoms with E-state index in [-0.39, 0.29) is 18.7 Å².